The number of aliphatic carboxylic acids is 1. The Labute approximate surface area is 82.9 Å². The summed E-state index contributed by atoms with van der Waals surface area (Å²) in [6, 6.07) is 0.320. The van der Waals surface area contributed by atoms with E-state index >= 15 is 0 Å². The summed E-state index contributed by atoms with van der Waals surface area (Å²) in [5, 5.41) is 8.69. The van der Waals surface area contributed by atoms with E-state index in [9.17, 15) is 4.79 Å². The quantitative estimate of drug-likeness (QED) is 0.698. The fourth-order valence-electron chi connectivity index (χ4n) is 1.96. The minimum absolute atomic E-state index is 0.181. The summed E-state index contributed by atoms with van der Waals surface area (Å²) in [6.07, 6.45) is 6.08. The molecule has 0 aromatic heterocycles. The van der Waals surface area contributed by atoms with Gasteiger partial charge in [-0.2, -0.15) is 0 Å². The van der Waals surface area contributed by atoms with E-state index in [4.69, 9.17) is 5.11 Å². The van der Waals surface area contributed by atoms with Gasteiger partial charge in [0.1, 0.15) is 5.71 Å². The van der Waals surface area contributed by atoms with Gasteiger partial charge in [0.2, 0.25) is 0 Å². The zero-order chi connectivity index (χ0) is 9.97. The van der Waals surface area contributed by atoms with Crippen molar-refractivity contribution in [1.82, 2.24) is 4.90 Å². The Morgan fingerprint density at radius 3 is 2.71 bits per heavy atom. The van der Waals surface area contributed by atoms with Crippen molar-refractivity contribution in [1.29, 1.82) is 0 Å². The zero-order valence-electron chi connectivity index (χ0n) is 8.02. The van der Waals surface area contributed by atoms with Crippen molar-refractivity contribution in [3.8, 4) is 0 Å². The van der Waals surface area contributed by atoms with Gasteiger partial charge in [-0.3, -0.25) is 9.89 Å². The molecule has 1 fully saturated rings. The molecule has 1 unspecified atom stereocenters. The number of carboxylic acids is 1. The third-order valence-electron chi connectivity index (χ3n) is 2.75. The smallest absolute Gasteiger partial charge is 0.354 e. The van der Waals surface area contributed by atoms with E-state index in [1.165, 1.54) is 12.8 Å². The Bertz CT molecular complexity index is 290. The summed E-state index contributed by atoms with van der Waals surface area (Å²) in [5.74, 6) is -0.930. The number of likely N-dealkylation sites (tertiary alicyclic amines) is 1. The highest BCUT2D eigenvalue weighted by Gasteiger charge is 2.22. The van der Waals surface area contributed by atoms with Crippen LogP contribution in [0.25, 0.3) is 0 Å². The van der Waals surface area contributed by atoms with Crippen molar-refractivity contribution in [3.63, 3.8) is 0 Å². The molecule has 2 aliphatic heterocycles. The lowest BCUT2D eigenvalue weighted by atomic mass is 10.1. The first kappa shape index (κ1) is 9.40. The predicted molar refractivity (Wildman–Crippen MR) is 53.7 cm³/mol. The first-order valence-electron chi connectivity index (χ1n) is 4.97. The molecule has 4 nitrogen and oxygen atoms in total. The number of hydrogen-bond acceptors (Lipinski definition) is 3. The van der Waals surface area contributed by atoms with Crippen molar-refractivity contribution in [2.45, 2.75) is 18.9 Å². The van der Waals surface area contributed by atoms with Gasteiger partial charge in [-0.1, -0.05) is 6.08 Å². The third kappa shape index (κ3) is 1.85. The van der Waals surface area contributed by atoms with Crippen LogP contribution in [0.5, 0.6) is 0 Å². The molecule has 0 aliphatic carbocycles. The molecule has 4 heteroatoms. The average molecular weight is 194 g/mol. The molecule has 1 N–H and O–H groups in total. The molecule has 76 valence electrons. The van der Waals surface area contributed by atoms with Crippen LogP contribution in [0.2, 0.25) is 0 Å². The number of nitrogens with zero attached hydrogens (tertiary/aromatic N) is 2. The lowest BCUT2D eigenvalue weighted by Crippen LogP contribution is -2.36. The maximum atomic E-state index is 10.6. The summed E-state index contributed by atoms with van der Waals surface area (Å²) in [7, 11) is 0. The molecule has 2 heterocycles. The highest BCUT2D eigenvalue weighted by atomic mass is 16.4. The molecular weight excluding hydrogens is 180 g/mol. The fraction of sp³-hybridized carbons (Fsp3) is 0.600. The highest BCUT2D eigenvalue weighted by molar-refractivity contribution is 6.40. The van der Waals surface area contributed by atoms with Crippen molar-refractivity contribution in [2.24, 2.45) is 4.99 Å². The molecule has 2 rings (SSSR count). The largest absolute Gasteiger partial charge is 0.477 e. The molecular formula is C10H14N2O2. The second-order valence-electron chi connectivity index (χ2n) is 3.70. The van der Waals surface area contributed by atoms with Crippen LogP contribution in [0.1, 0.15) is 12.8 Å². The molecule has 0 aromatic rings. The van der Waals surface area contributed by atoms with Crippen LogP contribution in [-0.2, 0) is 4.79 Å². The van der Waals surface area contributed by atoms with Gasteiger partial charge in [0.05, 0.1) is 6.54 Å². The van der Waals surface area contributed by atoms with Crippen LogP contribution in [0.3, 0.4) is 0 Å². The van der Waals surface area contributed by atoms with Gasteiger partial charge >= 0.3 is 5.97 Å². The molecule has 1 atom stereocenters. The standard InChI is InChI=1S/C10H14N2O2/c13-10(14)9-4-3-8(7-11-9)12-5-1-2-6-12/h3-4,8H,1-2,5-7H2,(H,13,14). The Hall–Kier alpha value is -1.16. The Balaban J connectivity index is 1.96. The van der Waals surface area contributed by atoms with E-state index in [2.05, 4.69) is 9.89 Å². The van der Waals surface area contributed by atoms with Gasteiger partial charge in [-0.25, -0.2) is 4.79 Å². The van der Waals surface area contributed by atoms with Gasteiger partial charge in [-0.05, 0) is 32.0 Å². The maximum absolute atomic E-state index is 10.6. The van der Waals surface area contributed by atoms with Gasteiger partial charge in [0.25, 0.3) is 0 Å². The van der Waals surface area contributed by atoms with E-state index in [0.29, 0.717) is 12.6 Å². The zero-order valence-corrected chi connectivity index (χ0v) is 8.02. The summed E-state index contributed by atoms with van der Waals surface area (Å²) >= 11 is 0. The van der Waals surface area contributed by atoms with E-state index in [0.717, 1.165) is 13.1 Å². The second kappa shape index (κ2) is 3.92. The number of carboxylic acid groups (broad SMARTS) is 1. The van der Waals surface area contributed by atoms with Crippen LogP contribution < -0.4 is 0 Å². The van der Waals surface area contributed by atoms with Crippen molar-refractivity contribution < 1.29 is 9.90 Å². The summed E-state index contributed by atoms with van der Waals surface area (Å²) in [5.41, 5.74) is 0.181. The minimum Gasteiger partial charge on any atom is -0.477 e. The SMILES string of the molecule is O=C(O)C1=NCC(N2CCCC2)C=C1. The summed E-state index contributed by atoms with van der Waals surface area (Å²) < 4.78 is 0. The predicted octanol–water partition coefficient (Wildman–Crippen LogP) is 0.546. The van der Waals surface area contributed by atoms with Crippen LogP contribution in [0.4, 0.5) is 0 Å². The Morgan fingerprint density at radius 2 is 2.21 bits per heavy atom. The molecule has 0 bridgehead atoms. The van der Waals surface area contributed by atoms with Gasteiger partial charge in [0.15, 0.2) is 0 Å². The molecule has 0 aromatic carbocycles. The van der Waals surface area contributed by atoms with E-state index < -0.39 is 5.97 Å². The Morgan fingerprint density at radius 1 is 1.50 bits per heavy atom. The lowest BCUT2D eigenvalue weighted by molar-refractivity contribution is -0.129. The van der Waals surface area contributed by atoms with E-state index in [1.54, 1.807) is 6.08 Å². The minimum atomic E-state index is -0.930. The highest BCUT2D eigenvalue weighted by Crippen LogP contribution is 2.15. The van der Waals surface area contributed by atoms with Crippen molar-refractivity contribution in [2.75, 3.05) is 19.6 Å². The van der Waals surface area contributed by atoms with Crippen LogP contribution >= 0.6 is 0 Å². The summed E-state index contributed by atoms with van der Waals surface area (Å²) in [6.45, 7) is 2.83. The number of dihydropyridines is 1. The number of aliphatic imine (C=N–C) groups is 1. The van der Waals surface area contributed by atoms with Gasteiger partial charge < -0.3 is 5.11 Å². The van der Waals surface area contributed by atoms with Crippen LogP contribution in [-0.4, -0.2) is 47.4 Å². The lowest BCUT2D eigenvalue weighted by Gasteiger charge is -2.24. The van der Waals surface area contributed by atoms with Crippen LogP contribution in [0, 0.1) is 0 Å². The molecule has 2 aliphatic rings. The van der Waals surface area contributed by atoms with E-state index in [-0.39, 0.29) is 5.71 Å². The van der Waals surface area contributed by atoms with Crippen molar-refractivity contribution >= 4 is 11.7 Å². The normalized spacial score (nSPS) is 27.7. The van der Waals surface area contributed by atoms with Crippen molar-refractivity contribution in [3.05, 3.63) is 12.2 Å². The first-order chi connectivity index (χ1) is 6.77. The monoisotopic (exact) mass is 194 g/mol. The number of carbonyl (C=O) groups is 1. The fourth-order valence-corrected chi connectivity index (χ4v) is 1.96. The second-order valence-corrected chi connectivity index (χ2v) is 3.70. The third-order valence-corrected chi connectivity index (χ3v) is 2.75. The number of rotatable bonds is 2. The maximum Gasteiger partial charge on any atom is 0.354 e. The van der Waals surface area contributed by atoms with Crippen LogP contribution in [0.15, 0.2) is 17.1 Å². The number of hydrogen-bond donors (Lipinski definition) is 1. The molecule has 0 radical (unpaired) electrons. The average Bonchev–Trinajstić information content (AvgIpc) is 2.71. The van der Waals surface area contributed by atoms with Gasteiger partial charge in [-0.15, -0.1) is 0 Å². The van der Waals surface area contributed by atoms with E-state index in [1.807, 2.05) is 6.08 Å². The summed E-state index contributed by atoms with van der Waals surface area (Å²) in [4.78, 5) is 17.0. The molecule has 0 saturated carbocycles. The molecule has 14 heavy (non-hydrogen) atoms. The topological polar surface area (TPSA) is 52.9 Å². The first-order valence-corrected chi connectivity index (χ1v) is 4.97. The molecule has 0 spiro atoms. The molecule has 1 saturated heterocycles. The van der Waals surface area contributed by atoms with Gasteiger partial charge in [0, 0.05) is 6.04 Å². The Kier molecular flexibility index (Phi) is 2.63. The molecule has 0 amide bonds.